The fourth-order valence-electron chi connectivity index (χ4n) is 4.02. The third-order valence-electron chi connectivity index (χ3n) is 5.72. The van der Waals surface area contributed by atoms with E-state index in [4.69, 9.17) is 21.9 Å². The van der Waals surface area contributed by atoms with E-state index in [1.165, 1.54) is 0 Å². The van der Waals surface area contributed by atoms with Crippen molar-refractivity contribution in [3.63, 3.8) is 0 Å². The van der Waals surface area contributed by atoms with E-state index in [0.29, 0.717) is 42.5 Å². The first-order valence-electron chi connectivity index (χ1n) is 11.0. The van der Waals surface area contributed by atoms with Crippen molar-refractivity contribution in [3.8, 4) is 11.4 Å². The highest BCUT2D eigenvalue weighted by Gasteiger charge is 2.29. The molecule has 2 heterocycles. The van der Waals surface area contributed by atoms with E-state index < -0.39 is 0 Å². The molecule has 2 aromatic carbocycles. The van der Waals surface area contributed by atoms with Gasteiger partial charge in [-0.05, 0) is 61.7 Å². The quantitative estimate of drug-likeness (QED) is 0.494. The molecule has 33 heavy (non-hydrogen) atoms. The number of nitrogens with two attached hydrogens (primary N) is 1. The monoisotopic (exact) mass is 467 g/mol. The number of nitrogens with one attached hydrogen (secondary N) is 1. The van der Waals surface area contributed by atoms with Gasteiger partial charge < -0.3 is 15.6 Å². The molecule has 3 N–H and O–H groups in total. The number of likely N-dealkylation sites (tertiary alicyclic amines) is 1. The number of aryl methyl sites for hydroxylation is 1. The Labute approximate surface area is 197 Å². The van der Waals surface area contributed by atoms with E-state index in [0.717, 1.165) is 36.2 Å². The van der Waals surface area contributed by atoms with Crippen molar-refractivity contribution in [1.82, 2.24) is 15.0 Å². The molecule has 3 aromatic rings. The van der Waals surface area contributed by atoms with Crippen molar-refractivity contribution in [2.75, 3.05) is 11.9 Å². The van der Waals surface area contributed by atoms with E-state index in [2.05, 4.69) is 20.4 Å². The summed E-state index contributed by atoms with van der Waals surface area (Å²) >= 11 is 5.91. The minimum Gasteiger partial charge on any atom is -0.368 e. The van der Waals surface area contributed by atoms with Crippen LogP contribution in [0, 0.1) is 0 Å². The van der Waals surface area contributed by atoms with E-state index in [1.54, 1.807) is 12.1 Å². The number of nitrogens with zero attached hydrogens (tertiary/aromatic N) is 3. The second kappa shape index (κ2) is 10.6. The van der Waals surface area contributed by atoms with Gasteiger partial charge in [-0.1, -0.05) is 35.0 Å². The maximum Gasteiger partial charge on any atom is 0.234 e. The number of amides is 2. The lowest BCUT2D eigenvalue weighted by atomic mass is 10.1. The Morgan fingerprint density at radius 1 is 1.18 bits per heavy atom. The third kappa shape index (κ3) is 5.97. The number of hydrogen-bond acceptors (Lipinski definition) is 6. The van der Waals surface area contributed by atoms with Crippen molar-refractivity contribution in [2.24, 2.45) is 5.73 Å². The molecule has 1 aliphatic heterocycles. The Kier molecular flexibility index (Phi) is 7.36. The molecule has 4 rings (SSSR count). The van der Waals surface area contributed by atoms with E-state index in [9.17, 15) is 9.59 Å². The van der Waals surface area contributed by atoms with Crippen LogP contribution in [0.5, 0.6) is 0 Å². The number of hydrogen-bond donors (Lipinski definition) is 2. The average molecular weight is 468 g/mol. The van der Waals surface area contributed by atoms with Crippen LogP contribution < -0.4 is 11.1 Å². The predicted molar refractivity (Wildman–Crippen MR) is 125 cm³/mol. The number of aromatic nitrogens is 2. The normalized spacial score (nSPS) is 16.1. The van der Waals surface area contributed by atoms with Gasteiger partial charge in [0.2, 0.25) is 23.5 Å². The van der Waals surface area contributed by atoms with Crippen LogP contribution >= 0.6 is 11.6 Å². The zero-order valence-electron chi connectivity index (χ0n) is 18.2. The molecule has 1 atom stereocenters. The smallest absolute Gasteiger partial charge is 0.234 e. The maximum atomic E-state index is 12.5. The summed E-state index contributed by atoms with van der Waals surface area (Å²) in [6, 6.07) is 14.6. The molecule has 2 amide bonds. The molecule has 0 bridgehead atoms. The number of para-hydroxylation sites is 1. The Morgan fingerprint density at radius 2 is 1.97 bits per heavy atom. The minimum atomic E-state index is -0.297. The maximum absolute atomic E-state index is 12.5. The highest BCUT2D eigenvalue weighted by molar-refractivity contribution is 6.30. The highest BCUT2D eigenvalue weighted by Crippen LogP contribution is 2.24. The van der Waals surface area contributed by atoms with Gasteiger partial charge in [0.05, 0.1) is 6.04 Å². The molecule has 1 aromatic heterocycles. The van der Waals surface area contributed by atoms with Gasteiger partial charge in [-0.15, -0.1) is 0 Å². The lowest BCUT2D eigenvalue weighted by Gasteiger charge is -2.23. The van der Waals surface area contributed by atoms with Gasteiger partial charge in [0.15, 0.2) is 0 Å². The molecule has 1 unspecified atom stereocenters. The summed E-state index contributed by atoms with van der Waals surface area (Å²) in [5.41, 5.74) is 8.06. The van der Waals surface area contributed by atoms with Crippen LogP contribution in [0.2, 0.25) is 5.02 Å². The number of carbonyl (C=O) groups is 2. The van der Waals surface area contributed by atoms with Crippen LogP contribution in [0.25, 0.3) is 11.4 Å². The standard InChI is InChI=1S/C24H26ClN5O3/c25-18-12-10-16(11-13-18)24-28-22(33-29-24)9-3-8-21(31)27-19-6-2-1-5-17(19)15-30-14-4-7-20(30)23(26)32/h1-2,5-6,10-13,20H,3-4,7-9,14-15H2,(H2,26,32)(H,27,31). The Balaban J connectivity index is 1.29. The van der Waals surface area contributed by atoms with E-state index in [1.807, 2.05) is 36.4 Å². The fraction of sp³-hybridized carbons (Fsp3) is 0.333. The Hall–Kier alpha value is -3.23. The predicted octanol–water partition coefficient (Wildman–Crippen LogP) is 3.80. The van der Waals surface area contributed by atoms with Crippen LogP contribution in [0.3, 0.4) is 0 Å². The largest absolute Gasteiger partial charge is 0.368 e. The van der Waals surface area contributed by atoms with Crippen LogP contribution in [-0.2, 0) is 22.6 Å². The molecule has 1 aliphatic rings. The number of rotatable bonds is 9. The van der Waals surface area contributed by atoms with Gasteiger partial charge in [-0.3, -0.25) is 14.5 Å². The van der Waals surface area contributed by atoms with Gasteiger partial charge in [-0.25, -0.2) is 0 Å². The van der Waals surface area contributed by atoms with Gasteiger partial charge in [0, 0.05) is 35.7 Å². The molecule has 0 aliphatic carbocycles. The lowest BCUT2D eigenvalue weighted by molar-refractivity contribution is -0.122. The fourth-order valence-corrected chi connectivity index (χ4v) is 4.15. The molecule has 0 radical (unpaired) electrons. The van der Waals surface area contributed by atoms with Crippen molar-refractivity contribution in [2.45, 2.75) is 44.7 Å². The van der Waals surface area contributed by atoms with Crippen LogP contribution in [0.1, 0.15) is 37.1 Å². The summed E-state index contributed by atoms with van der Waals surface area (Å²) in [4.78, 5) is 30.7. The van der Waals surface area contributed by atoms with Crippen molar-refractivity contribution >= 4 is 29.1 Å². The summed E-state index contributed by atoms with van der Waals surface area (Å²) in [6.45, 7) is 1.39. The molecular formula is C24H26ClN5O3. The first-order chi connectivity index (χ1) is 16.0. The first kappa shape index (κ1) is 22.9. The lowest BCUT2D eigenvalue weighted by Crippen LogP contribution is -2.39. The van der Waals surface area contributed by atoms with E-state index in [-0.39, 0.29) is 17.9 Å². The minimum absolute atomic E-state index is 0.0900. The molecule has 0 saturated carbocycles. The average Bonchev–Trinajstić information content (AvgIpc) is 3.45. The second-order valence-electron chi connectivity index (χ2n) is 8.11. The number of primary amides is 1. The van der Waals surface area contributed by atoms with Crippen molar-refractivity contribution in [1.29, 1.82) is 0 Å². The van der Waals surface area contributed by atoms with Crippen LogP contribution in [-0.4, -0.2) is 39.4 Å². The van der Waals surface area contributed by atoms with Crippen LogP contribution in [0.15, 0.2) is 53.1 Å². The van der Waals surface area contributed by atoms with Gasteiger partial charge in [0.1, 0.15) is 0 Å². The van der Waals surface area contributed by atoms with Crippen molar-refractivity contribution < 1.29 is 14.1 Å². The SMILES string of the molecule is NC(=O)C1CCCN1Cc1ccccc1NC(=O)CCCc1nc(-c2ccc(Cl)cc2)no1. The second-order valence-corrected chi connectivity index (χ2v) is 8.54. The zero-order chi connectivity index (χ0) is 23.2. The molecule has 9 heteroatoms. The number of anilines is 1. The van der Waals surface area contributed by atoms with Crippen LogP contribution in [0.4, 0.5) is 5.69 Å². The third-order valence-corrected chi connectivity index (χ3v) is 5.97. The topological polar surface area (TPSA) is 114 Å². The molecule has 8 nitrogen and oxygen atoms in total. The zero-order valence-corrected chi connectivity index (χ0v) is 18.9. The summed E-state index contributed by atoms with van der Waals surface area (Å²) < 4.78 is 5.30. The van der Waals surface area contributed by atoms with Gasteiger partial charge >= 0.3 is 0 Å². The summed E-state index contributed by atoms with van der Waals surface area (Å²) in [5, 5.41) is 7.63. The number of halogens is 1. The molecule has 1 saturated heterocycles. The highest BCUT2D eigenvalue weighted by atomic mass is 35.5. The molecule has 0 spiro atoms. The van der Waals surface area contributed by atoms with Gasteiger partial charge in [-0.2, -0.15) is 4.98 Å². The number of carbonyl (C=O) groups excluding carboxylic acids is 2. The molecule has 1 fully saturated rings. The Bertz CT molecular complexity index is 1120. The summed E-state index contributed by atoms with van der Waals surface area (Å²) in [5.74, 6) is 0.595. The molecular weight excluding hydrogens is 442 g/mol. The number of benzene rings is 2. The Morgan fingerprint density at radius 3 is 2.76 bits per heavy atom. The van der Waals surface area contributed by atoms with Gasteiger partial charge in [0.25, 0.3) is 0 Å². The van der Waals surface area contributed by atoms with E-state index >= 15 is 0 Å². The molecule has 172 valence electrons. The first-order valence-corrected chi connectivity index (χ1v) is 11.4. The summed E-state index contributed by atoms with van der Waals surface area (Å²) in [6.07, 6.45) is 3.12. The summed E-state index contributed by atoms with van der Waals surface area (Å²) in [7, 11) is 0. The van der Waals surface area contributed by atoms with Crippen molar-refractivity contribution in [3.05, 3.63) is 65.0 Å².